The third-order valence-electron chi connectivity index (χ3n) is 0.687. The average molecular weight is 196 g/mol. The molecule has 0 aliphatic heterocycles. The number of rotatable bonds is 3. The second kappa shape index (κ2) is 4.76. The van der Waals surface area contributed by atoms with E-state index in [0.29, 0.717) is 13.2 Å². The second-order valence-electron chi connectivity index (χ2n) is 1.57. The summed E-state index contributed by atoms with van der Waals surface area (Å²) in [6.45, 7) is 2.39. The smallest absolute Gasteiger partial charge is 0.319 e. The molecule has 9 heavy (non-hydrogen) atoms. The Labute approximate surface area is 62.7 Å². The van der Waals surface area contributed by atoms with Crippen molar-refractivity contribution in [3.63, 3.8) is 0 Å². The Hall–Kier alpha value is -0.0900. The maximum atomic E-state index is 10.6. The molecule has 0 aliphatic rings. The summed E-state index contributed by atoms with van der Waals surface area (Å²) in [6.07, 6.45) is 0. The summed E-state index contributed by atoms with van der Waals surface area (Å²) in [4.78, 5) is 10.3. The number of alkyl halides is 1. The fraction of sp³-hybridized carbons (Fsp3) is 0.800. The summed E-state index contributed by atoms with van der Waals surface area (Å²) in [7, 11) is 0. The molecular weight excluding hydrogens is 186 g/mol. The molecule has 1 unspecified atom stereocenters. The van der Waals surface area contributed by atoms with Gasteiger partial charge in [-0.05, 0) is 6.92 Å². The van der Waals surface area contributed by atoms with Crippen LogP contribution in [0.3, 0.4) is 0 Å². The number of hydrogen-bond donors (Lipinski definition) is 1. The number of carbonyl (C=O) groups is 1. The van der Waals surface area contributed by atoms with Crippen LogP contribution in [0.2, 0.25) is 0 Å². The maximum Gasteiger partial charge on any atom is 0.319 e. The van der Waals surface area contributed by atoms with Crippen molar-refractivity contribution in [3.05, 3.63) is 0 Å². The van der Waals surface area contributed by atoms with E-state index in [1.54, 1.807) is 6.92 Å². The highest BCUT2D eigenvalue weighted by Gasteiger charge is 2.07. The van der Waals surface area contributed by atoms with Crippen LogP contribution < -0.4 is 5.73 Å². The van der Waals surface area contributed by atoms with Crippen molar-refractivity contribution in [2.24, 2.45) is 5.73 Å². The summed E-state index contributed by atoms with van der Waals surface area (Å²) in [5, 5.41) is 0. The molecule has 2 N–H and O–H groups in total. The number of carbonyl (C=O) groups excluding carboxylic acids is 1. The lowest BCUT2D eigenvalue weighted by atomic mass is 10.5. The Morgan fingerprint density at radius 1 is 1.89 bits per heavy atom. The molecule has 54 valence electrons. The Balaban J connectivity index is 3.28. The van der Waals surface area contributed by atoms with Gasteiger partial charge < -0.3 is 10.5 Å². The van der Waals surface area contributed by atoms with E-state index in [2.05, 4.69) is 20.7 Å². The van der Waals surface area contributed by atoms with Gasteiger partial charge >= 0.3 is 5.97 Å². The molecule has 0 rings (SSSR count). The first-order valence-electron chi connectivity index (χ1n) is 2.69. The van der Waals surface area contributed by atoms with Crippen LogP contribution in [0.4, 0.5) is 0 Å². The lowest BCUT2D eigenvalue weighted by Gasteiger charge is -2.02. The molecule has 3 nitrogen and oxygen atoms in total. The Morgan fingerprint density at radius 3 is 2.78 bits per heavy atom. The standard InChI is InChI=1S/C5H10BrNO2/c1-4(6)5(8)9-3-2-7/h4H,2-3,7H2,1H3. The minimum absolute atomic E-state index is 0.232. The zero-order chi connectivity index (χ0) is 7.28. The van der Waals surface area contributed by atoms with Crippen LogP contribution in [0.25, 0.3) is 0 Å². The van der Waals surface area contributed by atoms with Crippen LogP contribution in [0.1, 0.15) is 6.92 Å². The van der Waals surface area contributed by atoms with Gasteiger partial charge in [-0.25, -0.2) is 0 Å². The molecule has 0 aromatic rings. The van der Waals surface area contributed by atoms with Crippen molar-refractivity contribution in [2.75, 3.05) is 13.2 Å². The largest absolute Gasteiger partial charge is 0.464 e. The Kier molecular flexibility index (Phi) is 4.71. The molecule has 0 fully saturated rings. The summed E-state index contributed by atoms with van der Waals surface area (Å²) >= 11 is 3.05. The Bertz CT molecular complexity index is 95.0. The zero-order valence-electron chi connectivity index (χ0n) is 5.26. The molecule has 0 radical (unpaired) electrons. The maximum absolute atomic E-state index is 10.6. The van der Waals surface area contributed by atoms with Gasteiger partial charge in [0.1, 0.15) is 11.4 Å². The van der Waals surface area contributed by atoms with Gasteiger partial charge in [-0.2, -0.15) is 0 Å². The fourth-order valence-corrected chi connectivity index (χ4v) is 0.407. The van der Waals surface area contributed by atoms with Gasteiger partial charge in [0.05, 0.1) is 0 Å². The third-order valence-corrected chi connectivity index (χ3v) is 1.06. The van der Waals surface area contributed by atoms with E-state index in [1.165, 1.54) is 0 Å². The summed E-state index contributed by atoms with van der Waals surface area (Å²) < 4.78 is 4.64. The molecular formula is C5H10BrNO2. The van der Waals surface area contributed by atoms with Crippen molar-refractivity contribution in [1.82, 2.24) is 0 Å². The van der Waals surface area contributed by atoms with E-state index in [4.69, 9.17) is 5.73 Å². The first-order valence-corrected chi connectivity index (χ1v) is 3.61. The Morgan fingerprint density at radius 2 is 2.44 bits per heavy atom. The van der Waals surface area contributed by atoms with Gasteiger partial charge in [-0.15, -0.1) is 0 Å². The monoisotopic (exact) mass is 195 g/mol. The highest BCUT2D eigenvalue weighted by molar-refractivity contribution is 9.10. The van der Waals surface area contributed by atoms with Gasteiger partial charge in [0.25, 0.3) is 0 Å². The normalized spacial score (nSPS) is 12.8. The van der Waals surface area contributed by atoms with Gasteiger partial charge in [0.15, 0.2) is 0 Å². The summed E-state index contributed by atoms with van der Waals surface area (Å²) in [5.41, 5.74) is 5.08. The van der Waals surface area contributed by atoms with Crippen LogP contribution in [0.15, 0.2) is 0 Å². The minimum atomic E-state index is -0.263. The molecule has 0 saturated heterocycles. The van der Waals surface area contributed by atoms with E-state index in [1.807, 2.05) is 0 Å². The molecule has 0 bridgehead atoms. The van der Waals surface area contributed by atoms with Crippen molar-refractivity contribution in [3.8, 4) is 0 Å². The van der Waals surface area contributed by atoms with Crippen LogP contribution >= 0.6 is 15.9 Å². The predicted molar refractivity (Wildman–Crippen MR) is 38.4 cm³/mol. The first-order chi connectivity index (χ1) is 4.18. The molecule has 0 aromatic heterocycles. The number of halogens is 1. The number of ether oxygens (including phenoxy) is 1. The van der Waals surface area contributed by atoms with Crippen LogP contribution in [-0.2, 0) is 9.53 Å². The van der Waals surface area contributed by atoms with E-state index < -0.39 is 0 Å². The van der Waals surface area contributed by atoms with Crippen LogP contribution in [-0.4, -0.2) is 23.9 Å². The average Bonchev–Trinajstić information content (AvgIpc) is 1.82. The highest BCUT2D eigenvalue weighted by atomic mass is 79.9. The lowest BCUT2D eigenvalue weighted by molar-refractivity contribution is -0.142. The number of nitrogens with two attached hydrogens (primary N) is 1. The topological polar surface area (TPSA) is 52.3 Å². The van der Waals surface area contributed by atoms with Crippen molar-refractivity contribution in [1.29, 1.82) is 0 Å². The molecule has 0 spiro atoms. The van der Waals surface area contributed by atoms with E-state index >= 15 is 0 Å². The fourth-order valence-electron chi connectivity index (χ4n) is 0.274. The molecule has 0 aliphatic carbocycles. The molecule has 0 saturated carbocycles. The second-order valence-corrected chi connectivity index (χ2v) is 2.95. The molecule has 1 atom stereocenters. The molecule has 0 aromatic carbocycles. The number of esters is 1. The van der Waals surface area contributed by atoms with E-state index in [-0.39, 0.29) is 10.8 Å². The van der Waals surface area contributed by atoms with Crippen molar-refractivity contribution < 1.29 is 9.53 Å². The van der Waals surface area contributed by atoms with Gasteiger partial charge in [0.2, 0.25) is 0 Å². The lowest BCUT2D eigenvalue weighted by Crippen LogP contribution is -2.18. The molecule has 0 heterocycles. The van der Waals surface area contributed by atoms with E-state index in [0.717, 1.165) is 0 Å². The minimum Gasteiger partial charge on any atom is -0.464 e. The van der Waals surface area contributed by atoms with Gasteiger partial charge in [-0.1, -0.05) is 15.9 Å². The van der Waals surface area contributed by atoms with Crippen LogP contribution in [0.5, 0.6) is 0 Å². The summed E-state index contributed by atoms with van der Waals surface area (Å²) in [5.74, 6) is -0.263. The quantitative estimate of drug-likeness (QED) is 0.520. The predicted octanol–water partition coefficient (Wildman–Crippen LogP) is 0.272. The molecule has 0 amide bonds. The highest BCUT2D eigenvalue weighted by Crippen LogP contribution is 1.98. The van der Waals surface area contributed by atoms with Crippen molar-refractivity contribution >= 4 is 21.9 Å². The van der Waals surface area contributed by atoms with E-state index in [9.17, 15) is 4.79 Å². The third kappa shape index (κ3) is 4.42. The SMILES string of the molecule is CC(Br)C(=O)OCCN. The number of hydrogen-bond acceptors (Lipinski definition) is 3. The zero-order valence-corrected chi connectivity index (χ0v) is 6.85. The van der Waals surface area contributed by atoms with Crippen molar-refractivity contribution in [2.45, 2.75) is 11.8 Å². The van der Waals surface area contributed by atoms with Gasteiger partial charge in [0, 0.05) is 6.54 Å². The first kappa shape index (κ1) is 8.91. The van der Waals surface area contributed by atoms with Crippen LogP contribution in [0, 0.1) is 0 Å². The van der Waals surface area contributed by atoms with Gasteiger partial charge in [-0.3, -0.25) is 4.79 Å². The molecule has 4 heteroatoms. The summed E-state index contributed by atoms with van der Waals surface area (Å²) in [6, 6.07) is 0.